The molecule has 3 aromatic rings. The van der Waals surface area contributed by atoms with Crippen LogP contribution in [0, 0.1) is 0 Å². The highest BCUT2D eigenvalue weighted by molar-refractivity contribution is 6.06. The van der Waals surface area contributed by atoms with Crippen molar-refractivity contribution in [1.29, 1.82) is 0 Å². The van der Waals surface area contributed by atoms with Crippen molar-refractivity contribution in [2.24, 2.45) is 0 Å². The second-order valence-electron chi connectivity index (χ2n) is 3.87. The number of benzene rings is 1. The summed E-state index contributed by atoms with van der Waals surface area (Å²) in [6.07, 6.45) is 1.66. The number of H-pyrrole nitrogens is 1. The molecule has 92 valence electrons. The van der Waals surface area contributed by atoms with Gasteiger partial charge in [-0.05, 0) is 6.07 Å². The summed E-state index contributed by atoms with van der Waals surface area (Å²) in [5.41, 5.74) is 8.12. The molecule has 6 heteroatoms. The second-order valence-corrected chi connectivity index (χ2v) is 3.87. The second kappa shape index (κ2) is 3.76. The lowest BCUT2D eigenvalue weighted by Crippen LogP contribution is -1.93. The SMILES string of the molecule is COc1cc2[nH]c3cnc(N)nc3c2cc1OC. The molecule has 18 heavy (non-hydrogen) atoms. The summed E-state index contributed by atoms with van der Waals surface area (Å²) in [6, 6.07) is 3.74. The minimum Gasteiger partial charge on any atom is -0.493 e. The van der Waals surface area contributed by atoms with Crippen LogP contribution in [0.15, 0.2) is 18.3 Å². The quantitative estimate of drug-likeness (QED) is 0.716. The average Bonchev–Trinajstić information content (AvgIpc) is 2.74. The van der Waals surface area contributed by atoms with E-state index in [0.29, 0.717) is 11.5 Å². The number of rotatable bonds is 2. The lowest BCUT2D eigenvalue weighted by Gasteiger charge is -2.06. The third-order valence-electron chi connectivity index (χ3n) is 2.86. The Kier molecular flexibility index (Phi) is 2.22. The number of hydrogen-bond acceptors (Lipinski definition) is 5. The first kappa shape index (κ1) is 10.6. The van der Waals surface area contributed by atoms with Crippen LogP contribution in [0.5, 0.6) is 11.5 Å². The van der Waals surface area contributed by atoms with E-state index in [-0.39, 0.29) is 5.95 Å². The third kappa shape index (κ3) is 1.42. The van der Waals surface area contributed by atoms with Crippen LogP contribution in [0.25, 0.3) is 21.9 Å². The molecule has 0 saturated heterocycles. The normalized spacial score (nSPS) is 11.0. The first-order valence-electron chi connectivity index (χ1n) is 5.39. The Labute approximate surface area is 103 Å². The van der Waals surface area contributed by atoms with Gasteiger partial charge in [-0.25, -0.2) is 9.97 Å². The molecule has 0 radical (unpaired) electrons. The Morgan fingerprint density at radius 3 is 2.56 bits per heavy atom. The van der Waals surface area contributed by atoms with Gasteiger partial charge < -0.3 is 20.2 Å². The maximum Gasteiger partial charge on any atom is 0.220 e. The summed E-state index contributed by atoms with van der Waals surface area (Å²) in [4.78, 5) is 11.4. The van der Waals surface area contributed by atoms with Gasteiger partial charge in [-0.3, -0.25) is 0 Å². The molecule has 0 bridgehead atoms. The van der Waals surface area contributed by atoms with Crippen LogP contribution < -0.4 is 15.2 Å². The number of fused-ring (bicyclic) bond motifs is 3. The number of anilines is 1. The lowest BCUT2D eigenvalue weighted by atomic mass is 10.2. The third-order valence-corrected chi connectivity index (χ3v) is 2.86. The van der Waals surface area contributed by atoms with Crippen molar-refractivity contribution >= 4 is 27.9 Å². The first-order chi connectivity index (χ1) is 8.72. The van der Waals surface area contributed by atoms with E-state index in [1.54, 1.807) is 20.4 Å². The molecule has 6 nitrogen and oxygen atoms in total. The van der Waals surface area contributed by atoms with Crippen LogP contribution in [0.3, 0.4) is 0 Å². The summed E-state index contributed by atoms with van der Waals surface area (Å²) in [5, 5.41) is 0.928. The van der Waals surface area contributed by atoms with Gasteiger partial charge in [-0.15, -0.1) is 0 Å². The van der Waals surface area contributed by atoms with Crippen LogP contribution in [0.4, 0.5) is 5.95 Å². The zero-order chi connectivity index (χ0) is 12.7. The van der Waals surface area contributed by atoms with Gasteiger partial charge in [0.25, 0.3) is 0 Å². The Balaban J connectivity index is 2.41. The van der Waals surface area contributed by atoms with E-state index in [4.69, 9.17) is 15.2 Å². The van der Waals surface area contributed by atoms with Crippen molar-refractivity contribution < 1.29 is 9.47 Å². The van der Waals surface area contributed by atoms with E-state index in [1.807, 2.05) is 12.1 Å². The minimum absolute atomic E-state index is 0.248. The number of methoxy groups -OCH3 is 2. The van der Waals surface area contributed by atoms with Crippen LogP contribution >= 0.6 is 0 Å². The maximum atomic E-state index is 5.61. The molecule has 1 aromatic carbocycles. The van der Waals surface area contributed by atoms with Crippen molar-refractivity contribution in [2.45, 2.75) is 0 Å². The standard InChI is InChI=1S/C12H12N4O2/c1-17-9-3-6-7(4-10(9)18-2)15-8-5-14-12(13)16-11(6)8/h3-5,15H,1-2H3,(H2,13,14,16). The number of nitrogens with zero attached hydrogens (tertiary/aromatic N) is 2. The van der Waals surface area contributed by atoms with E-state index in [1.165, 1.54) is 0 Å². The zero-order valence-corrected chi connectivity index (χ0v) is 10.0. The van der Waals surface area contributed by atoms with Crippen molar-refractivity contribution in [3.63, 3.8) is 0 Å². The topological polar surface area (TPSA) is 86.0 Å². The molecule has 0 aliphatic carbocycles. The molecule has 0 spiro atoms. The predicted molar refractivity (Wildman–Crippen MR) is 68.9 cm³/mol. The molecule has 3 N–H and O–H groups in total. The Morgan fingerprint density at radius 1 is 1.11 bits per heavy atom. The molecule has 0 fully saturated rings. The average molecular weight is 244 g/mol. The van der Waals surface area contributed by atoms with Gasteiger partial charge in [0.15, 0.2) is 11.5 Å². The molecule has 0 unspecified atom stereocenters. The Hall–Kier alpha value is -2.50. The summed E-state index contributed by atoms with van der Waals surface area (Å²) < 4.78 is 10.5. The van der Waals surface area contributed by atoms with E-state index < -0.39 is 0 Å². The monoisotopic (exact) mass is 244 g/mol. The smallest absolute Gasteiger partial charge is 0.220 e. The summed E-state index contributed by atoms with van der Waals surface area (Å²) in [5.74, 6) is 1.57. The van der Waals surface area contributed by atoms with Gasteiger partial charge in [0.1, 0.15) is 5.52 Å². The summed E-state index contributed by atoms with van der Waals surface area (Å²) in [6.45, 7) is 0. The molecule has 0 aliphatic heterocycles. The number of aromatic amines is 1. The fraction of sp³-hybridized carbons (Fsp3) is 0.167. The van der Waals surface area contributed by atoms with Gasteiger partial charge in [0, 0.05) is 11.5 Å². The predicted octanol–water partition coefficient (Wildman–Crippen LogP) is 1.71. The molecule has 2 aromatic heterocycles. The van der Waals surface area contributed by atoms with Crippen molar-refractivity contribution in [1.82, 2.24) is 15.0 Å². The maximum absolute atomic E-state index is 5.61. The molecule has 0 amide bonds. The molecular formula is C12H12N4O2. The number of aromatic nitrogens is 3. The van der Waals surface area contributed by atoms with Gasteiger partial charge in [-0.1, -0.05) is 0 Å². The van der Waals surface area contributed by atoms with E-state index in [0.717, 1.165) is 21.9 Å². The van der Waals surface area contributed by atoms with Crippen LogP contribution in [-0.4, -0.2) is 29.2 Å². The fourth-order valence-electron chi connectivity index (χ4n) is 2.02. The molecular weight excluding hydrogens is 232 g/mol. The van der Waals surface area contributed by atoms with E-state index in [9.17, 15) is 0 Å². The first-order valence-corrected chi connectivity index (χ1v) is 5.39. The largest absolute Gasteiger partial charge is 0.493 e. The highest BCUT2D eigenvalue weighted by atomic mass is 16.5. The molecule has 2 heterocycles. The minimum atomic E-state index is 0.248. The highest BCUT2D eigenvalue weighted by Crippen LogP contribution is 2.34. The molecule has 0 saturated carbocycles. The molecule has 0 atom stereocenters. The van der Waals surface area contributed by atoms with E-state index in [2.05, 4.69) is 15.0 Å². The summed E-state index contributed by atoms with van der Waals surface area (Å²) >= 11 is 0. The van der Waals surface area contributed by atoms with Gasteiger partial charge in [0.05, 0.1) is 31.4 Å². The number of nitrogen functional groups attached to an aromatic ring is 1. The number of hydrogen-bond donors (Lipinski definition) is 2. The number of nitrogens with two attached hydrogens (primary N) is 1. The van der Waals surface area contributed by atoms with Crippen molar-refractivity contribution in [3.05, 3.63) is 18.3 Å². The van der Waals surface area contributed by atoms with Crippen LogP contribution in [0.1, 0.15) is 0 Å². The van der Waals surface area contributed by atoms with Crippen LogP contribution in [0.2, 0.25) is 0 Å². The number of ether oxygens (including phenoxy) is 2. The van der Waals surface area contributed by atoms with E-state index >= 15 is 0 Å². The van der Waals surface area contributed by atoms with Gasteiger partial charge in [0.2, 0.25) is 5.95 Å². The molecule has 3 rings (SSSR count). The fourth-order valence-corrected chi connectivity index (χ4v) is 2.02. The summed E-state index contributed by atoms with van der Waals surface area (Å²) in [7, 11) is 3.20. The van der Waals surface area contributed by atoms with Gasteiger partial charge >= 0.3 is 0 Å². The number of nitrogens with one attached hydrogen (secondary N) is 1. The van der Waals surface area contributed by atoms with Crippen molar-refractivity contribution in [3.8, 4) is 11.5 Å². The highest BCUT2D eigenvalue weighted by Gasteiger charge is 2.12. The molecule has 0 aliphatic rings. The lowest BCUT2D eigenvalue weighted by molar-refractivity contribution is 0.356. The zero-order valence-electron chi connectivity index (χ0n) is 10.0. The Bertz CT molecular complexity index is 736. The van der Waals surface area contributed by atoms with Gasteiger partial charge in [-0.2, -0.15) is 0 Å². The Morgan fingerprint density at radius 2 is 1.83 bits per heavy atom. The van der Waals surface area contributed by atoms with Crippen LogP contribution in [-0.2, 0) is 0 Å². The van der Waals surface area contributed by atoms with Crippen molar-refractivity contribution in [2.75, 3.05) is 20.0 Å².